The third-order valence-corrected chi connectivity index (χ3v) is 8.20. The highest BCUT2D eigenvalue weighted by atomic mass is 35.5. The fraction of sp³-hybridized carbons (Fsp3) is 0.714. The maximum atomic E-state index is 13.4. The zero-order valence-corrected chi connectivity index (χ0v) is 23.4. The minimum absolute atomic E-state index is 0.00145. The SMILES string of the molecule is CNC[C@@H](CC1CCCCC1)NC(=O)N1CCC[C@@H]([C@@](C)(OCCNC(=O)OC)c2cccc(Cl)c2)C1. The lowest BCUT2D eigenvalue weighted by atomic mass is 9.78. The molecule has 0 spiro atoms. The fourth-order valence-corrected chi connectivity index (χ4v) is 6.05. The second-order valence-corrected chi connectivity index (χ2v) is 11.0. The van der Waals surface area contributed by atoms with E-state index in [1.54, 1.807) is 0 Å². The van der Waals surface area contributed by atoms with Crippen molar-refractivity contribution in [1.82, 2.24) is 20.9 Å². The van der Waals surface area contributed by atoms with Crippen molar-refractivity contribution in [1.29, 1.82) is 0 Å². The Bertz CT molecular complexity index is 866. The maximum absolute atomic E-state index is 13.4. The molecule has 1 saturated carbocycles. The average Bonchev–Trinajstić information content (AvgIpc) is 2.91. The molecular formula is C28H45ClN4O4. The van der Waals surface area contributed by atoms with Crippen molar-refractivity contribution in [3.8, 4) is 0 Å². The Labute approximate surface area is 227 Å². The zero-order valence-electron chi connectivity index (χ0n) is 22.7. The summed E-state index contributed by atoms with van der Waals surface area (Å²) >= 11 is 6.35. The fourth-order valence-electron chi connectivity index (χ4n) is 5.86. The van der Waals surface area contributed by atoms with Crippen LogP contribution in [0.5, 0.6) is 0 Å². The molecule has 1 aromatic rings. The number of hydrogen-bond donors (Lipinski definition) is 3. The van der Waals surface area contributed by atoms with Gasteiger partial charge in [0.2, 0.25) is 0 Å². The number of nitrogens with zero attached hydrogens (tertiary/aromatic N) is 1. The van der Waals surface area contributed by atoms with E-state index >= 15 is 0 Å². The minimum atomic E-state index is -0.672. The summed E-state index contributed by atoms with van der Waals surface area (Å²) in [6.07, 6.45) is 8.84. The van der Waals surface area contributed by atoms with Crippen LogP contribution in [0, 0.1) is 11.8 Å². The second-order valence-electron chi connectivity index (χ2n) is 10.6. The second kappa shape index (κ2) is 14.8. The molecule has 1 aliphatic heterocycles. The first kappa shape index (κ1) is 29.5. The number of hydrogen-bond acceptors (Lipinski definition) is 5. The first-order chi connectivity index (χ1) is 17.9. The number of amides is 3. The molecule has 3 amide bonds. The van der Waals surface area contributed by atoms with Crippen LogP contribution in [0.4, 0.5) is 9.59 Å². The molecule has 2 fully saturated rings. The van der Waals surface area contributed by atoms with Gasteiger partial charge in [0.1, 0.15) is 0 Å². The Balaban J connectivity index is 1.68. The van der Waals surface area contributed by atoms with Crippen LogP contribution in [-0.2, 0) is 15.1 Å². The summed E-state index contributed by atoms with van der Waals surface area (Å²) in [5.41, 5.74) is 0.296. The average molecular weight is 537 g/mol. The van der Waals surface area contributed by atoms with E-state index in [9.17, 15) is 9.59 Å². The van der Waals surface area contributed by atoms with Gasteiger partial charge in [-0.1, -0.05) is 55.8 Å². The summed E-state index contributed by atoms with van der Waals surface area (Å²) in [6, 6.07) is 7.85. The van der Waals surface area contributed by atoms with Crippen molar-refractivity contribution in [3.63, 3.8) is 0 Å². The number of alkyl carbamates (subject to hydrolysis) is 1. The number of carbonyl (C=O) groups is 2. The number of rotatable bonds is 11. The van der Waals surface area contributed by atoms with Crippen LogP contribution in [-0.4, -0.2) is 70.0 Å². The molecule has 2 aliphatic rings. The van der Waals surface area contributed by atoms with Gasteiger partial charge in [-0.2, -0.15) is 0 Å². The molecule has 37 heavy (non-hydrogen) atoms. The van der Waals surface area contributed by atoms with Crippen LogP contribution in [0.15, 0.2) is 24.3 Å². The summed E-state index contributed by atoms with van der Waals surface area (Å²) in [4.78, 5) is 26.8. The predicted molar refractivity (Wildman–Crippen MR) is 147 cm³/mol. The van der Waals surface area contributed by atoms with Crippen LogP contribution in [0.2, 0.25) is 5.02 Å². The molecule has 0 bridgehead atoms. The van der Waals surface area contributed by atoms with E-state index < -0.39 is 11.7 Å². The summed E-state index contributed by atoms with van der Waals surface area (Å²) in [6.45, 7) is 4.80. The van der Waals surface area contributed by atoms with Crippen LogP contribution in [0.1, 0.15) is 63.9 Å². The van der Waals surface area contributed by atoms with Gasteiger partial charge in [0.25, 0.3) is 0 Å². The summed E-state index contributed by atoms with van der Waals surface area (Å²) in [5, 5.41) is 9.90. The topological polar surface area (TPSA) is 91.9 Å². The van der Waals surface area contributed by atoms with Gasteiger partial charge in [0.05, 0.1) is 19.3 Å². The van der Waals surface area contributed by atoms with E-state index in [0.29, 0.717) is 30.6 Å². The minimum Gasteiger partial charge on any atom is -0.453 e. The van der Waals surface area contributed by atoms with Gasteiger partial charge in [0, 0.05) is 43.2 Å². The molecule has 208 valence electrons. The van der Waals surface area contributed by atoms with E-state index in [2.05, 4.69) is 27.6 Å². The maximum Gasteiger partial charge on any atom is 0.406 e. The van der Waals surface area contributed by atoms with Gasteiger partial charge in [-0.3, -0.25) is 0 Å². The monoisotopic (exact) mass is 536 g/mol. The highest BCUT2D eigenvalue weighted by Gasteiger charge is 2.41. The molecule has 8 nitrogen and oxygen atoms in total. The number of benzene rings is 1. The van der Waals surface area contributed by atoms with Crippen molar-refractivity contribution in [2.75, 3.05) is 46.9 Å². The summed E-state index contributed by atoms with van der Waals surface area (Å²) in [7, 11) is 3.28. The van der Waals surface area contributed by atoms with E-state index in [4.69, 9.17) is 16.3 Å². The van der Waals surface area contributed by atoms with Crippen LogP contribution < -0.4 is 16.0 Å². The number of urea groups is 1. The number of carbonyl (C=O) groups excluding carboxylic acids is 2. The van der Waals surface area contributed by atoms with Crippen LogP contribution >= 0.6 is 11.6 Å². The predicted octanol–water partition coefficient (Wildman–Crippen LogP) is 4.91. The van der Waals surface area contributed by atoms with Gasteiger partial charge in [-0.15, -0.1) is 0 Å². The first-order valence-corrected chi connectivity index (χ1v) is 14.1. The quantitative estimate of drug-likeness (QED) is 0.350. The number of methoxy groups -OCH3 is 1. The standard InChI is InChI=1S/C28H45ClN4O4/c1-28(22-11-7-13-24(29)18-22,37-16-14-31-27(35)36-3)23-12-8-15-33(20-23)26(34)32-25(19-30-2)17-21-9-5-4-6-10-21/h7,11,13,18,21,23,25,30H,4-6,8-10,12,14-17,19-20H2,1-3H3,(H,31,35)(H,32,34)/t23-,25-,28+/m1/s1. The third kappa shape index (κ3) is 8.76. The van der Waals surface area contributed by atoms with E-state index in [1.807, 2.05) is 36.2 Å². The van der Waals surface area contributed by atoms with E-state index in [-0.39, 0.29) is 18.0 Å². The highest BCUT2D eigenvalue weighted by molar-refractivity contribution is 6.30. The van der Waals surface area contributed by atoms with Gasteiger partial charge in [-0.05, 0) is 56.8 Å². The summed E-state index contributed by atoms with van der Waals surface area (Å²) in [5.74, 6) is 0.768. The Morgan fingerprint density at radius 3 is 2.68 bits per heavy atom. The molecule has 0 radical (unpaired) electrons. The number of nitrogens with one attached hydrogen (secondary N) is 3. The number of likely N-dealkylation sites (tertiary alicyclic amines) is 1. The normalized spacial score (nSPS) is 21.1. The Morgan fingerprint density at radius 1 is 1.19 bits per heavy atom. The zero-order chi connectivity index (χ0) is 26.7. The molecular weight excluding hydrogens is 492 g/mol. The first-order valence-electron chi connectivity index (χ1n) is 13.8. The lowest BCUT2D eigenvalue weighted by Crippen LogP contribution is -2.54. The Hall–Kier alpha value is -2.03. The number of piperidine rings is 1. The number of halogens is 1. The smallest absolute Gasteiger partial charge is 0.406 e. The van der Waals surface area contributed by atoms with Crippen LogP contribution in [0.25, 0.3) is 0 Å². The van der Waals surface area contributed by atoms with Crippen molar-refractivity contribution in [2.45, 2.75) is 69.9 Å². The van der Waals surface area contributed by atoms with E-state index in [1.165, 1.54) is 39.2 Å². The largest absolute Gasteiger partial charge is 0.453 e. The summed E-state index contributed by atoms with van der Waals surface area (Å²) < 4.78 is 11.1. The van der Waals surface area contributed by atoms with Crippen molar-refractivity contribution in [2.24, 2.45) is 11.8 Å². The third-order valence-electron chi connectivity index (χ3n) is 7.96. The molecule has 9 heteroatoms. The molecule has 0 unspecified atom stereocenters. The van der Waals surface area contributed by atoms with Crippen LogP contribution in [0.3, 0.4) is 0 Å². The van der Waals surface area contributed by atoms with Gasteiger partial charge >= 0.3 is 12.1 Å². The lowest BCUT2D eigenvalue weighted by molar-refractivity contribution is -0.0926. The van der Waals surface area contributed by atoms with Crippen molar-refractivity contribution in [3.05, 3.63) is 34.9 Å². The Kier molecular flexibility index (Phi) is 11.8. The molecule has 3 N–H and O–H groups in total. The lowest BCUT2D eigenvalue weighted by Gasteiger charge is -2.44. The molecule has 1 heterocycles. The molecule has 1 aliphatic carbocycles. The highest BCUT2D eigenvalue weighted by Crippen LogP contribution is 2.39. The van der Waals surface area contributed by atoms with Gasteiger partial charge in [0.15, 0.2) is 0 Å². The number of likely N-dealkylation sites (N-methyl/N-ethyl adjacent to an activating group) is 1. The van der Waals surface area contributed by atoms with Crippen molar-refractivity contribution < 1.29 is 19.1 Å². The van der Waals surface area contributed by atoms with Crippen molar-refractivity contribution >= 4 is 23.7 Å². The molecule has 0 aromatic heterocycles. The van der Waals surface area contributed by atoms with E-state index in [0.717, 1.165) is 37.9 Å². The van der Waals surface area contributed by atoms with Gasteiger partial charge < -0.3 is 30.3 Å². The molecule has 3 atom stereocenters. The molecule has 3 rings (SSSR count). The molecule has 1 aromatic carbocycles. The number of ether oxygens (including phenoxy) is 2. The Morgan fingerprint density at radius 2 is 1.97 bits per heavy atom. The molecule has 1 saturated heterocycles. The van der Waals surface area contributed by atoms with Gasteiger partial charge in [-0.25, -0.2) is 9.59 Å².